The quantitative estimate of drug-likeness (QED) is 0.782. The fourth-order valence-electron chi connectivity index (χ4n) is 4.53. The van der Waals surface area contributed by atoms with E-state index in [2.05, 4.69) is 42.3 Å². The van der Waals surface area contributed by atoms with E-state index in [1.807, 2.05) is 12.1 Å². The number of ether oxygens (including phenoxy) is 1. The molecule has 1 aliphatic heterocycles. The molecule has 124 valence electrons. The molecule has 1 heterocycles. The summed E-state index contributed by atoms with van der Waals surface area (Å²) in [5, 5.41) is 0. The van der Waals surface area contributed by atoms with E-state index < -0.39 is 0 Å². The zero-order chi connectivity index (χ0) is 17.0. The van der Waals surface area contributed by atoms with Crippen LogP contribution in [0.2, 0.25) is 0 Å². The minimum absolute atomic E-state index is 0.0639. The standard InChI is InChI=1S/C22H19NO2/c1-2-22-11-15(22)12-23(14-22)21(24)25-13-20-18-9-5-3-7-16(18)17-8-4-6-10-19(17)20/h1,3-10,15,20H,11-14H2/t15?,22-/m0/s1. The minimum atomic E-state index is -0.233. The average Bonchev–Trinajstić information content (AvgIpc) is 3.07. The van der Waals surface area contributed by atoms with Crippen molar-refractivity contribution in [1.82, 2.24) is 4.90 Å². The van der Waals surface area contributed by atoms with Crippen molar-refractivity contribution >= 4 is 6.09 Å². The number of terminal acetylenes is 1. The van der Waals surface area contributed by atoms with Gasteiger partial charge in [-0.25, -0.2) is 4.79 Å². The number of hydrogen-bond acceptors (Lipinski definition) is 2. The molecule has 3 aliphatic rings. The van der Waals surface area contributed by atoms with Crippen LogP contribution in [0.25, 0.3) is 11.1 Å². The van der Waals surface area contributed by atoms with E-state index in [1.165, 1.54) is 22.3 Å². The second-order valence-electron chi connectivity index (χ2n) is 7.39. The van der Waals surface area contributed by atoms with Crippen molar-refractivity contribution in [3.05, 3.63) is 59.7 Å². The Morgan fingerprint density at radius 2 is 1.80 bits per heavy atom. The van der Waals surface area contributed by atoms with Crippen LogP contribution in [-0.2, 0) is 4.74 Å². The average molecular weight is 329 g/mol. The van der Waals surface area contributed by atoms with Crippen molar-refractivity contribution in [1.29, 1.82) is 0 Å². The fraction of sp³-hybridized carbons (Fsp3) is 0.318. The normalized spacial score (nSPS) is 25.7. The van der Waals surface area contributed by atoms with Gasteiger partial charge in [0.25, 0.3) is 0 Å². The van der Waals surface area contributed by atoms with Crippen LogP contribution < -0.4 is 0 Å². The Morgan fingerprint density at radius 1 is 1.16 bits per heavy atom. The lowest BCUT2D eigenvalue weighted by molar-refractivity contribution is 0.103. The Balaban J connectivity index is 1.33. The first kappa shape index (κ1) is 14.6. The van der Waals surface area contributed by atoms with Crippen molar-refractivity contribution in [3.63, 3.8) is 0 Å². The van der Waals surface area contributed by atoms with E-state index in [1.54, 1.807) is 4.90 Å². The summed E-state index contributed by atoms with van der Waals surface area (Å²) in [7, 11) is 0. The van der Waals surface area contributed by atoms with E-state index in [0.717, 1.165) is 13.0 Å². The number of hydrogen-bond donors (Lipinski definition) is 0. The SMILES string of the molecule is C#C[C@@]12CC1CN(C(=O)OCC1c3ccccc3-c3ccccc31)C2. The topological polar surface area (TPSA) is 29.5 Å². The third kappa shape index (κ3) is 2.10. The predicted octanol–water partition coefficient (Wildman–Crippen LogP) is 3.89. The van der Waals surface area contributed by atoms with Crippen LogP contribution in [0.1, 0.15) is 23.5 Å². The van der Waals surface area contributed by atoms with Gasteiger partial charge in [-0.15, -0.1) is 6.42 Å². The summed E-state index contributed by atoms with van der Waals surface area (Å²) >= 11 is 0. The maximum absolute atomic E-state index is 12.5. The second kappa shape index (κ2) is 5.13. The van der Waals surface area contributed by atoms with Crippen molar-refractivity contribution in [2.75, 3.05) is 19.7 Å². The summed E-state index contributed by atoms with van der Waals surface area (Å²) in [5.74, 6) is 3.45. The van der Waals surface area contributed by atoms with Gasteiger partial charge in [0.1, 0.15) is 6.61 Å². The number of amides is 1. The van der Waals surface area contributed by atoms with Gasteiger partial charge in [-0.05, 0) is 34.6 Å². The van der Waals surface area contributed by atoms with Crippen molar-refractivity contribution in [2.45, 2.75) is 12.3 Å². The van der Waals surface area contributed by atoms with E-state index in [0.29, 0.717) is 19.1 Å². The van der Waals surface area contributed by atoms with Gasteiger partial charge in [0.2, 0.25) is 0 Å². The van der Waals surface area contributed by atoms with E-state index in [-0.39, 0.29) is 17.4 Å². The highest BCUT2D eigenvalue weighted by molar-refractivity contribution is 5.79. The number of carbonyl (C=O) groups excluding carboxylic acids is 1. The lowest BCUT2D eigenvalue weighted by atomic mass is 9.98. The summed E-state index contributed by atoms with van der Waals surface area (Å²) in [5.41, 5.74) is 4.90. The molecule has 1 unspecified atom stereocenters. The maximum Gasteiger partial charge on any atom is 0.409 e. The summed E-state index contributed by atoms with van der Waals surface area (Å²) in [6.07, 6.45) is 6.44. The molecule has 0 radical (unpaired) electrons. The first-order valence-electron chi connectivity index (χ1n) is 8.79. The third-order valence-corrected chi connectivity index (χ3v) is 6.03. The number of fused-ring (bicyclic) bond motifs is 4. The summed E-state index contributed by atoms with van der Waals surface area (Å²) in [6, 6.07) is 16.7. The molecule has 2 aromatic carbocycles. The maximum atomic E-state index is 12.5. The van der Waals surface area contributed by atoms with E-state index in [9.17, 15) is 4.79 Å². The molecule has 1 saturated carbocycles. The van der Waals surface area contributed by atoms with Gasteiger partial charge in [-0.3, -0.25) is 0 Å². The van der Waals surface area contributed by atoms with Crippen molar-refractivity contribution in [3.8, 4) is 23.5 Å². The van der Waals surface area contributed by atoms with Gasteiger partial charge in [-0.2, -0.15) is 0 Å². The second-order valence-corrected chi connectivity index (χ2v) is 7.39. The number of piperidine rings is 1. The highest BCUT2D eigenvalue weighted by Gasteiger charge is 2.60. The van der Waals surface area contributed by atoms with Crippen LogP contribution in [0.15, 0.2) is 48.5 Å². The van der Waals surface area contributed by atoms with Gasteiger partial charge in [-0.1, -0.05) is 54.5 Å². The number of rotatable bonds is 2. The van der Waals surface area contributed by atoms with Gasteiger partial charge in [0.15, 0.2) is 0 Å². The van der Waals surface area contributed by atoms with Crippen LogP contribution in [0, 0.1) is 23.7 Å². The van der Waals surface area contributed by atoms with Gasteiger partial charge in [0, 0.05) is 19.0 Å². The molecule has 2 atom stereocenters. The Bertz CT molecular complexity index is 867. The molecule has 2 fully saturated rings. The number of benzene rings is 2. The molecule has 5 rings (SSSR count). The first-order valence-corrected chi connectivity index (χ1v) is 8.79. The van der Waals surface area contributed by atoms with Crippen LogP contribution in [-0.4, -0.2) is 30.7 Å². The van der Waals surface area contributed by atoms with E-state index in [4.69, 9.17) is 11.2 Å². The number of carbonyl (C=O) groups is 1. The number of nitrogens with zero attached hydrogens (tertiary/aromatic N) is 1. The zero-order valence-corrected chi connectivity index (χ0v) is 13.9. The van der Waals surface area contributed by atoms with Crippen molar-refractivity contribution < 1.29 is 9.53 Å². The van der Waals surface area contributed by atoms with Crippen LogP contribution in [0.5, 0.6) is 0 Å². The minimum Gasteiger partial charge on any atom is -0.448 e. The highest BCUT2D eigenvalue weighted by Crippen LogP contribution is 2.57. The smallest absolute Gasteiger partial charge is 0.409 e. The molecule has 0 N–H and O–H groups in total. The lowest BCUT2D eigenvalue weighted by Gasteiger charge is -2.21. The Morgan fingerprint density at radius 3 is 2.40 bits per heavy atom. The number of likely N-dealkylation sites (tertiary alicyclic amines) is 1. The first-order chi connectivity index (χ1) is 12.2. The van der Waals surface area contributed by atoms with Crippen molar-refractivity contribution in [2.24, 2.45) is 11.3 Å². The monoisotopic (exact) mass is 329 g/mol. The molecule has 1 saturated heterocycles. The molecular formula is C22H19NO2. The third-order valence-electron chi connectivity index (χ3n) is 6.03. The fourth-order valence-corrected chi connectivity index (χ4v) is 4.53. The molecule has 2 aliphatic carbocycles. The lowest BCUT2D eigenvalue weighted by Crippen LogP contribution is -2.33. The molecule has 0 spiro atoms. The molecule has 2 aromatic rings. The van der Waals surface area contributed by atoms with Crippen LogP contribution >= 0.6 is 0 Å². The molecule has 0 aromatic heterocycles. The molecule has 3 nitrogen and oxygen atoms in total. The van der Waals surface area contributed by atoms with Crippen LogP contribution in [0.3, 0.4) is 0 Å². The molecule has 1 amide bonds. The van der Waals surface area contributed by atoms with E-state index >= 15 is 0 Å². The summed E-state index contributed by atoms with van der Waals surface area (Å²) < 4.78 is 5.70. The van der Waals surface area contributed by atoms with Gasteiger partial charge < -0.3 is 9.64 Å². The Kier molecular flexibility index (Phi) is 3.00. The molecule has 3 heteroatoms. The largest absolute Gasteiger partial charge is 0.448 e. The summed E-state index contributed by atoms with van der Waals surface area (Å²) in [6.45, 7) is 1.75. The van der Waals surface area contributed by atoms with Gasteiger partial charge in [0.05, 0.1) is 5.41 Å². The molecular weight excluding hydrogens is 310 g/mol. The van der Waals surface area contributed by atoms with Gasteiger partial charge >= 0.3 is 6.09 Å². The Hall–Kier alpha value is -2.73. The zero-order valence-electron chi connectivity index (χ0n) is 13.9. The highest BCUT2D eigenvalue weighted by atomic mass is 16.6. The Labute approximate surface area is 147 Å². The van der Waals surface area contributed by atoms with Crippen LogP contribution in [0.4, 0.5) is 4.79 Å². The predicted molar refractivity (Wildman–Crippen MR) is 96.0 cm³/mol. The summed E-state index contributed by atoms with van der Waals surface area (Å²) in [4.78, 5) is 14.3. The molecule has 25 heavy (non-hydrogen) atoms. The molecule has 0 bridgehead atoms.